The topological polar surface area (TPSA) is 122 Å². The van der Waals surface area contributed by atoms with Crippen molar-refractivity contribution in [2.24, 2.45) is 0 Å². The van der Waals surface area contributed by atoms with Gasteiger partial charge in [-0.25, -0.2) is 0 Å². The lowest BCUT2D eigenvalue weighted by Gasteiger charge is -2.14. The summed E-state index contributed by atoms with van der Waals surface area (Å²) in [5, 5.41) is 11.2. The summed E-state index contributed by atoms with van der Waals surface area (Å²) in [6.45, 7) is 1.57. The fourth-order valence-electron chi connectivity index (χ4n) is 2.97. The van der Waals surface area contributed by atoms with Crippen molar-refractivity contribution in [3.8, 4) is 5.75 Å². The SMILES string of the molecule is COc1ccc(NC(C)=O)cc1NC(=O)CNc1ccccc1C(=O)NCc1ccco1. The van der Waals surface area contributed by atoms with E-state index in [-0.39, 0.29) is 30.8 Å². The molecule has 3 rings (SSSR count). The lowest BCUT2D eigenvalue weighted by molar-refractivity contribution is -0.115. The first-order chi connectivity index (χ1) is 15.5. The van der Waals surface area contributed by atoms with Gasteiger partial charge in [0.25, 0.3) is 5.91 Å². The smallest absolute Gasteiger partial charge is 0.253 e. The second-order valence-electron chi connectivity index (χ2n) is 6.81. The van der Waals surface area contributed by atoms with Gasteiger partial charge in [0.05, 0.1) is 37.7 Å². The number of hydrogen-bond donors (Lipinski definition) is 4. The minimum atomic E-state index is -0.353. The maximum Gasteiger partial charge on any atom is 0.253 e. The standard InChI is InChI=1S/C23H24N4O5/c1-15(28)26-16-9-10-21(31-2)20(12-16)27-22(29)14-24-19-8-4-3-7-18(19)23(30)25-13-17-6-5-11-32-17/h3-12,24H,13-14H2,1-2H3,(H,25,30)(H,26,28)(H,27,29). The summed E-state index contributed by atoms with van der Waals surface area (Å²) >= 11 is 0. The Kier molecular flexibility index (Phi) is 7.47. The summed E-state index contributed by atoms with van der Waals surface area (Å²) in [4.78, 5) is 36.4. The van der Waals surface area contributed by atoms with Crippen molar-refractivity contribution in [2.45, 2.75) is 13.5 Å². The van der Waals surface area contributed by atoms with Crippen molar-refractivity contribution in [2.75, 3.05) is 29.6 Å². The molecule has 1 heterocycles. The molecular formula is C23H24N4O5. The van der Waals surface area contributed by atoms with Crippen LogP contribution in [0.25, 0.3) is 0 Å². The number of carbonyl (C=O) groups excluding carboxylic acids is 3. The molecule has 0 radical (unpaired) electrons. The van der Waals surface area contributed by atoms with Crippen molar-refractivity contribution in [3.05, 3.63) is 72.2 Å². The number of benzene rings is 2. The molecule has 0 saturated carbocycles. The summed E-state index contributed by atoms with van der Waals surface area (Å²) in [7, 11) is 1.49. The molecule has 166 valence electrons. The predicted octanol–water partition coefficient (Wildman–Crippen LogP) is 3.23. The Balaban J connectivity index is 1.63. The maximum atomic E-state index is 12.6. The van der Waals surface area contributed by atoms with Gasteiger partial charge in [-0.2, -0.15) is 0 Å². The number of carbonyl (C=O) groups is 3. The summed E-state index contributed by atoms with van der Waals surface area (Å²) in [5.74, 6) is 0.212. The first-order valence-electron chi connectivity index (χ1n) is 9.85. The van der Waals surface area contributed by atoms with Gasteiger partial charge < -0.3 is 30.4 Å². The zero-order valence-electron chi connectivity index (χ0n) is 17.7. The van der Waals surface area contributed by atoms with Crippen LogP contribution in [0.4, 0.5) is 17.1 Å². The third-order valence-electron chi connectivity index (χ3n) is 4.41. The van der Waals surface area contributed by atoms with Crippen LogP contribution in [0.1, 0.15) is 23.0 Å². The normalized spacial score (nSPS) is 10.2. The molecule has 3 amide bonds. The Hall–Kier alpha value is -4.27. The molecule has 1 aromatic heterocycles. The molecule has 0 saturated heterocycles. The molecule has 0 fully saturated rings. The second-order valence-corrected chi connectivity index (χ2v) is 6.81. The van der Waals surface area contributed by atoms with Gasteiger partial charge in [-0.05, 0) is 42.5 Å². The van der Waals surface area contributed by atoms with Gasteiger partial charge >= 0.3 is 0 Å². The minimum Gasteiger partial charge on any atom is -0.495 e. The number of furan rings is 1. The lowest BCUT2D eigenvalue weighted by Crippen LogP contribution is -2.26. The lowest BCUT2D eigenvalue weighted by atomic mass is 10.1. The first-order valence-corrected chi connectivity index (χ1v) is 9.85. The van der Waals surface area contributed by atoms with Crippen LogP contribution in [-0.2, 0) is 16.1 Å². The Morgan fingerprint density at radius 2 is 1.78 bits per heavy atom. The van der Waals surface area contributed by atoms with Crippen LogP contribution in [0.2, 0.25) is 0 Å². The van der Waals surface area contributed by atoms with Gasteiger partial charge in [-0.3, -0.25) is 14.4 Å². The number of ether oxygens (including phenoxy) is 1. The molecule has 3 aromatic rings. The summed E-state index contributed by atoms with van der Waals surface area (Å²) in [6, 6.07) is 15.3. The van der Waals surface area contributed by atoms with Crippen LogP contribution < -0.4 is 26.0 Å². The number of amides is 3. The van der Waals surface area contributed by atoms with E-state index in [2.05, 4.69) is 21.3 Å². The van der Waals surface area contributed by atoms with Crippen molar-refractivity contribution < 1.29 is 23.5 Å². The Labute approximate surface area is 185 Å². The van der Waals surface area contributed by atoms with Crippen molar-refractivity contribution in [1.29, 1.82) is 0 Å². The highest BCUT2D eigenvalue weighted by atomic mass is 16.5. The molecule has 0 bridgehead atoms. The fraction of sp³-hybridized carbons (Fsp3) is 0.174. The number of methoxy groups -OCH3 is 1. The van der Waals surface area contributed by atoms with Crippen LogP contribution in [0.3, 0.4) is 0 Å². The molecule has 9 heteroatoms. The van der Waals surface area contributed by atoms with E-state index in [0.717, 1.165) is 0 Å². The van der Waals surface area contributed by atoms with E-state index in [0.29, 0.717) is 34.1 Å². The fourth-order valence-corrected chi connectivity index (χ4v) is 2.97. The average Bonchev–Trinajstić information content (AvgIpc) is 3.30. The largest absolute Gasteiger partial charge is 0.495 e. The highest BCUT2D eigenvalue weighted by Crippen LogP contribution is 2.28. The molecule has 9 nitrogen and oxygen atoms in total. The Bertz CT molecular complexity index is 1100. The highest BCUT2D eigenvalue weighted by Gasteiger charge is 2.13. The third kappa shape index (κ3) is 6.11. The average molecular weight is 436 g/mol. The van der Waals surface area contributed by atoms with E-state index in [4.69, 9.17) is 9.15 Å². The third-order valence-corrected chi connectivity index (χ3v) is 4.41. The number of anilines is 3. The van der Waals surface area contributed by atoms with Crippen LogP contribution in [0, 0.1) is 0 Å². The van der Waals surface area contributed by atoms with Gasteiger partial charge in [0.2, 0.25) is 11.8 Å². The molecule has 4 N–H and O–H groups in total. The number of hydrogen-bond acceptors (Lipinski definition) is 6. The molecule has 0 atom stereocenters. The van der Waals surface area contributed by atoms with Crippen LogP contribution >= 0.6 is 0 Å². The number of nitrogens with one attached hydrogen (secondary N) is 4. The van der Waals surface area contributed by atoms with Crippen LogP contribution in [-0.4, -0.2) is 31.4 Å². The maximum absolute atomic E-state index is 12.6. The monoisotopic (exact) mass is 436 g/mol. The van der Waals surface area contributed by atoms with Gasteiger partial charge in [0.15, 0.2) is 0 Å². The Morgan fingerprint density at radius 1 is 0.969 bits per heavy atom. The zero-order chi connectivity index (χ0) is 22.9. The molecule has 0 aliphatic rings. The van der Waals surface area contributed by atoms with E-state index in [9.17, 15) is 14.4 Å². The van der Waals surface area contributed by atoms with E-state index < -0.39 is 0 Å². The highest BCUT2D eigenvalue weighted by molar-refractivity contribution is 6.01. The van der Waals surface area contributed by atoms with Crippen molar-refractivity contribution in [1.82, 2.24) is 5.32 Å². The zero-order valence-corrected chi connectivity index (χ0v) is 17.7. The first kappa shape index (κ1) is 22.4. The van der Waals surface area contributed by atoms with E-state index in [1.54, 1.807) is 54.6 Å². The minimum absolute atomic E-state index is 0.0873. The van der Waals surface area contributed by atoms with Crippen molar-refractivity contribution in [3.63, 3.8) is 0 Å². The summed E-state index contributed by atoms with van der Waals surface area (Å²) < 4.78 is 10.5. The molecule has 32 heavy (non-hydrogen) atoms. The second kappa shape index (κ2) is 10.7. The summed E-state index contributed by atoms with van der Waals surface area (Å²) in [6.07, 6.45) is 1.54. The molecule has 0 spiro atoms. The number of para-hydroxylation sites is 1. The van der Waals surface area contributed by atoms with Gasteiger partial charge in [0.1, 0.15) is 11.5 Å². The van der Waals surface area contributed by atoms with Crippen LogP contribution in [0.5, 0.6) is 5.75 Å². The molecule has 0 aliphatic heterocycles. The van der Waals surface area contributed by atoms with Gasteiger partial charge in [-0.1, -0.05) is 12.1 Å². The molecule has 2 aromatic carbocycles. The number of rotatable bonds is 9. The summed E-state index contributed by atoms with van der Waals surface area (Å²) in [5.41, 5.74) is 1.85. The van der Waals surface area contributed by atoms with E-state index in [1.165, 1.54) is 20.3 Å². The van der Waals surface area contributed by atoms with E-state index >= 15 is 0 Å². The molecule has 0 aliphatic carbocycles. The van der Waals surface area contributed by atoms with Crippen LogP contribution in [0.15, 0.2) is 65.3 Å². The molecule has 0 unspecified atom stereocenters. The molecular weight excluding hydrogens is 412 g/mol. The quantitative estimate of drug-likeness (QED) is 0.409. The van der Waals surface area contributed by atoms with Crippen molar-refractivity contribution >= 4 is 34.8 Å². The van der Waals surface area contributed by atoms with Gasteiger partial charge in [-0.15, -0.1) is 0 Å². The Morgan fingerprint density at radius 3 is 2.50 bits per heavy atom. The predicted molar refractivity (Wildman–Crippen MR) is 121 cm³/mol. The van der Waals surface area contributed by atoms with Gasteiger partial charge in [0, 0.05) is 18.3 Å². The van der Waals surface area contributed by atoms with E-state index in [1.807, 2.05) is 0 Å².